The minimum absolute atomic E-state index is 0.0111. The van der Waals surface area contributed by atoms with Crippen LogP contribution in [-0.4, -0.2) is 65.9 Å². The lowest BCUT2D eigenvalue weighted by Gasteiger charge is -2.38. The van der Waals surface area contributed by atoms with E-state index in [4.69, 9.17) is 4.74 Å². The fourth-order valence-electron chi connectivity index (χ4n) is 4.46. The summed E-state index contributed by atoms with van der Waals surface area (Å²) in [5.41, 5.74) is 2.68. The number of carboxylic acid groups (broad SMARTS) is 1. The van der Waals surface area contributed by atoms with Crippen LogP contribution in [0.25, 0.3) is 0 Å². The number of nitrogens with one attached hydrogen (secondary N) is 2. The normalized spacial score (nSPS) is 23.3. The maximum atomic E-state index is 12.0. The average molecular weight is 476 g/mol. The zero-order valence-corrected chi connectivity index (χ0v) is 20.7. The van der Waals surface area contributed by atoms with Crippen molar-refractivity contribution in [2.75, 3.05) is 29.5 Å². The van der Waals surface area contributed by atoms with E-state index in [-0.39, 0.29) is 24.1 Å². The molecule has 0 bridgehead atoms. The summed E-state index contributed by atoms with van der Waals surface area (Å²) < 4.78 is 6.25. The number of thioether (sulfide) groups is 1. The molecule has 1 aromatic carbocycles. The number of ether oxygens (including phenoxy) is 1. The molecule has 1 aliphatic heterocycles. The molecule has 3 N–H and O–H groups in total. The molecule has 3 atom stereocenters. The first-order valence-corrected chi connectivity index (χ1v) is 13.1. The quantitative estimate of drug-likeness (QED) is 0.479. The van der Waals surface area contributed by atoms with E-state index in [2.05, 4.69) is 39.8 Å². The van der Waals surface area contributed by atoms with E-state index in [1.54, 1.807) is 6.08 Å². The molecule has 1 saturated heterocycles. The van der Waals surface area contributed by atoms with Gasteiger partial charge in [-0.15, -0.1) is 0 Å². The van der Waals surface area contributed by atoms with Gasteiger partial charge >= 0.3 is 5.97 Å². The Morgan fingerprint density at radius 1 is 1.18 bits per heavy atom. The van der Waals surface area contributed by atoms with E-state index in [9.17, 15) is 14.7 Å². The molecule has 0 spiro atoms. The van der Waals surface area contributed by atoms with Crippen LogP contribution in [0.5, 0.6) is 0 Å². The standard InChI is InChI=1S/C25H37N3O4S/c1-4-21(5-2)32-23-15-19(25(30)31)14-22(24(23)27-17(3)29)26-16-18-6-8-20(9-7-18)28-10-12-33-13-11-28/h6-9,15,21-24,26H,4-5,10-14,16H2,1-3H3,(H,27,29)(H,30,31)/t22-,23+,24+/m0/s1. The van der Waals surface area contributed by atoms with E-state index in [0.29, 0.717) is 18.5 Å². The van der Waals surface area contributed by atoms with Gasteiger partial charge in [-0.3, -0.25) is 4.79 Å². The van der Waals surface area contributed by atoms with E-state index in [0.717, 1.165) is 43.0 Å². The van der Waals surface area contributed by atoms with Crippen LogP contribution in [0.2, 0.25) is 0 Å². The van der Waals surface area contributed by atoms with Gasteiger partial charge in [0.2, 0.25) is 5.91 Å². The second kappa shape index (κ2) is 12.4. The van der Waals surface area contributed by atoms with E-state index in [1.165, 1.54) is 12.6 Å². The average Bonchev–Trinajstić information content (AvgIpc) is 2.82. The predicted molar refractivity (Wildman–Crippen MR) is 134 cm³/mol. The number of benzene rings is 1. The number of carbonyl (C=O) groups is 2. The number of rotatable bonds is 10. The Labute approximate surface area is 201 Å². The third-order valence-electron chi connectivity index (χ3n) is 6.38. The van der Waals surface area contributed by atoms with Gasteiger partial charge in [-0.25, -0.2) is 4.79 Å². The fraction of sp³-hybridized carbons (Fsp3) is 0.600. The number of anilines is 1. The van der Waals surface area contributed by atoms with Crippen molar-refractivity contribution < 1.29 is 19.4 Å². The van der Waals surface area contributed by atoms with Crippen molar-refractivity contribution in [2.45, 2.75) is 70.9 Å². The summed E-state index contributed by atoms with van der Waals surface area (Å²) in [6, 6.07) is 7.96. The van der Waals surface area contributed by atoms with Crippen LogP contribution in [0.4, 0.5) is 5.69 Å². The molecule has 0 unspecified atom stereocenters. The molecule has 2 aliphatic rings. The van der Waals surface area contributed by atoms with Crippen LogP contribution in [0, 0.1) is 0 Å². The third kappa shape index (κ3) is 7.22. The molecule has 3 rings (SSSR count). The molecule has 1 heterocycles. The lowest BCUT2D eigenvalue weighted by Crippen LogP contribution is -2.58. The Kier molecular flexibility index (Phi) is 9.64. The number of hydrogen-bond donors (Lipinski definition) is 3. The predicted octanol–water partition coefficient (Wildman–Crippen LogP) is 3.19. The molecule has 0 aromatic heterocycles. The number of aliphatic carboxylic acids is 1. The minimum atomic E-state index is -0.940. The molecule has 1 aliphatic carbocycles. The summed E-state index contributed by atoms with van der Waals surface area (Å²) in [4.78, 5) is 26.2. The van der Waals surface area contributed by atoms with Crippen molar-refractivity contribution in [2.24, 2.45) is 0 Å². The summed E-state index contributed by atoms with van der Waals surface area (Å²) >= 11 is 2.00. The molecule has 7 nitrogen and oxygen atoms in total. The highest BCUT2D eigenvalue weighted by Crippen LogP contribution is 2.25. The maximum Gasteiger partial charge on any atom is 0.331 e. The maximum absolute atomic E-state index is 12.0. The van der Waals surface area contributed by atoms with Crippen molar-refractivity contribution in [3.8, 4) is 0 Å². The Balaban J connectivity index is 1.72. The molecular formula is C25H37N3O4S. The van der Waals surface area contributed by atoms with Gasteiger partial charge in [0.25, 0.3) is 0 Å². The van der Waals surface area contributed by atoms with Gasteiger partial charge in [0.15, 0.2) is 0 Å². The van der Waals surface area contributed by atoms with Crippen LogP contribution in [0.3, 0.4) is 0 Å². The van der Waals surface area contributed by atoms with Gasteiger partial charge in [0, 0.05) is 55.4 Å². The smallest absolute Gasteiger partial charge is 0.331 e. The van der Waals surface area contributed by atoms with Gasteiger partial charge in [-0.05, 0) is 43.0 Å². The molecule has 8 heteroatoms. The lowest BCUT2D eigenvalue weighted by atomic mass is 9.87. The monoisotopic (exact) mass is 475 g/mol. The summed E-state index contributed by atoms with van der Waals surface area (Å²) in [7, 11) is 0. The lowest BCUT2D eigenvalue weighted by molar-refractivity contribution is -0.133. The first-order valence-electron chi connectivity index (χ1n) is 11.9. The van der Waals surface area contributed by atoms with Crippen LogP contribution >= 0.6 is 11.8 Å². The number of carbonyl (C=O) groups excluding carboxylic acids is 1. The Bertz CT molecular complexity index is 819. The van der Waals surface area contributed by atoms with Crippen molar-refractivity contribution in [1.82, 2.24) is 10.6 Å². The summed E-state index contributed by atoms with van der Waals surface area (Å²) in [6.45, 7) is 8.32. The number of carboxylic acids is 1. The summed E-state index contributed by atoms with van der Waals surface area (Å²) in [5, 5.41) is 16.2. The Morgan fingerprint density at radius 3 is 2.42 bits per heavy atom. The molecule has 33 heavy (non-hydrogen) atoms. The van der Waals surface area contributed by atoms with Crippen molar-refractivity contribution in [3.05, 3.63) is 41.5 Å². The van der Waals surface area contributed by atoms with Crippen molar-refractivity contribution in [1.29, 1.82) is 0 Å². The highest BCUT2D eigenvalue weighted by molar-refractivity contribution is 7.99. The topological polar surface area (TPSA) is 90.9 Å². The van der Waals surface area contributed by atoms with Crippen molar-refractivity contribution in [3.63, 3.8) is 0 Å². The zero-order valence-electron chi connectivity index (χ0n) is 19.9. The molecule has 0 saturated carbocycles. The molecular weight excluding hydrogens is 438 g/mol. The zero-order chi connectivity index (χ0) is 23.8. The Hall–Kier alpha value is -2.03. The third-order valence-corrected chi connectivity index (χ3v) is 7.32. The van der Waals surface area contributed by atoms with Gasteiger partial charge in [-0.1, -0.05) is 26.0 Å². The number of hydrogen-bond acceptors (Lipinski definition) is 6. The molecule has 182 valence electrons. The largest absolute Gasteiger partial charge is 0.478 e. The van der Waals surface area contributed by atoms with Crippen LogP contribution in [0.15, 0.2) is 35.9 Å². The van der Waals surface area contributed by atoms with E-state index >= 15 is 0 Å². The molecule has 1 fully saturated rings. The van der Waals surface area contributed by atoms with E-state index < -0.39 is 12.1 Å². The van der Waals surface area contributed by atoms with Gasteiger partial charge < -0.3 is 25.4 Å². The van der Waals surface area contributed by atoms with E-state index in [1.807, 2.05) is 25.6 Å². The minimum Gasteiger partial charge on any atom is -0.478 e. The summed E-state index contributed by atoms with van der Waals surface area (Å²) in [5.74, 6) is 1.23. The highest BCUT2D eigenvalue weighted by Gasteiger charge is 2.37. The first kappa shape index (κ1) is 25.6. The van der Waals surface area contributed by atoms with Gasteiger partial charge in [0.05, 0.1) is 18.2 Å². The number of amides is 1. The Morgan fingerprint density at radius 2 is 1.85 bits per heavy atom. The second-order valence-electron chi connectivity index (χ2n) is 8.72. The van der Waals surface area contributed by atoms with Gasteiger partial charge in [0.1, 0.15) is 0 Å². The summed E-state index contributed by atoms with van der Waals surface area (Å²) in [6.07, 6.45) is 3.18. The van der Waals surface area contributed by atoms with Crippen LogP contribution in [-0.2, 0) is 20.9 Å². The van der Waals surface area contributed by atoms with Crippen LogP contribution < -0.4 is 15.5 Å². The second-order valence-corrected chi connectivity index (χ2v) is 9.94. The highest BCUT2D eigenvalue weighted by atomic mass is 32.2. The number of nitrogens with zero attached hydrogens (tertiary/aromatic N) is 1. The van der Waals surface area contributed by atoms with Crippen molar-refractivity contribution >= 4 is 29.3 Å². The molecule has 0 radical (unpaired) electrons. The first-order chi connectivity index (χ1) is 15.9. The molecule has 1 aromatic rings. The van der Waals surface area contributed by atoms with Crippen LogP contribution in [0.1, 0.15) is 45.6 Å². The molecule has 1 amide bonds. The SMILES string of the molecule is CCC(CC)O[C@@H]1C=C(C(=O)O)C[C@H](NCc2ccc(N3CCSCC3)cc2)[C@H]1NC(C)=O. The van der Waals surface area contributed by atoms with Gasteiger partial charge in [-0.2, -0.15) is 11.8 Å². The fourth-order valence-corrected chi connectivity index (χ4v) is 5.36.